The first kappa shape index (κ1) is 15.7. The Labute approximate surface area is 49.3 Å². The summed E-state index contributed by atoms with van der Waals surface area (Å²) in [5.74, 6) is 0. The molecule has 0 aliphatic heterocycles. The predicted octanol–water partition coefficient (Wildman–Crippen LogP) is -0.0899. The van der Waals surface area contributed by atoms with Gasteiger partial charge >= 0.3 is 7.60 Å². The van der Waals surface area contributed by atoms with Crippen LogP contribution in [0.1, 0.15) is 0 Å². The van der Waals surface area contributed by atoms with Gasteiger partial charge in [0.15, 0.2) is 0 Å². The summed E-state index contributed by atoms with van der Waals surface area (Å²) in [6, 6.07) is 0. The maximum Gasteiger partial charge on any atom is 0.322 e. The van der Waals surface area contributed by atoms with E-state index in [2.05, 4.69) is 0 Å². The van der Waals surface area contributed by atoms with Gasteiger partial charge in [0.05, 0.1) is 0 Å². The SMILES string of the molecule is CP(=O)(O)O.P.P. The standard InChI is InChI=1S/CH5O3P.2H3P/c1-5(2,3)4;;/h1H3,(H2,2,3,4);2*1H3. The third-order valence-electron chi connectivity index (χ3n) is 0. The van der Waals surface area contributed by atoms with Crippen LogP contribution in [0.5, 0.6) is 0 Å². The topological polar surface area (TPSA) is 57.5 Å². The number of hydrogen-bond donors (Lipinski definition) is 2. The fourth-order valence-electron chi connectivity index (χ4n) is 0. The molecule has 7 heavy (non-hydrogen) atoms. The summed E-state index contributed by atoms with van der Waals surface area (Å²) < 4.78 is 9.33. The summed E-state index contributed by atoms with van der Waals surface area (Å²) in [7, 11) is -3.64. The lowest BCUT2D eigenvalue weighted by Gasteiger charge is -1.84. The van der Waals surface area contributed by atoms with Crippen molar-refractivity contribution in [2.24, 2.45) is 0 Å². The van der Waals surface area contributed by atoms with E-state index in [0.29, 0.717) is 0 Å². The molecule has 0 heterocycles. The molecule has 0 aromatic rings. The highest BCUT2D eigenvalue weighted by atomic mass is 31.2. The molecule has 2 atom stereocenters. The smallest absolute Gasteiger partial charge is 0.322 e. The average molecular weight is 164 g/mol. The third kappa shape index (κ3) is 172. The van der Waals surface area contributed by atoms with Crippen LogP contribution in [-0.4, -0.2) is 16.5 Å². The van der Waals surface area contributed by atoms with E-state index < -0.39 is 7.60 Å². The normalized spacial score (nSPS) is 8.43. The molecule has 0 fully saturated rings. The van der Waals surface area contributed by atoms with Gasteiger partial charge in [-0.3, -0.25) is 4.57 Å². The largest absolute Gasteiger partial charge is 0.325 e. The fourth-order valence-corrected chi connectivity index (χ4v) is 0. The van der Waals surface area contributed by atoms with Crippen molar-refractivity contribution in [3.05, 3.63) is 0 Å². The molecule has 48 valence electrons. The molecule has 2 unspecified atom stereocenters. The van der Waals surface area contributed by atoms with Crippen molar-refractivity contribution >= 4 is 27.4 Å². The molecular formula is CH11O3P3. The molecule has 2 N–H and O–H groups in total. The summed E-state index contributed by atoms with van der Waals surface area (Å²) >= 11 is 0. The van der Waals surface area contributed by atoms with E-state index in [0.717, 1.165) is 6.66 Å². The highest BCUT2D eigenvalue weighted by Gasteiger charge is 1.95. The molecule has 6 heteroatoms. The molecule has 0 aromatic carbocycles. The van der Waals surface area contributed by atoms with E-state index in [4.69, 9.17) is 9.79 Å². The minimum absolute atomic E-state index is 0. The van der Waals surface area contributed by atoms with Gasteiger partial charge in [-0.1, -0.05) is 0 Å². The van der Waals surface area contributed by atoms with E-state index in [1.807, 2.05) is 0 Å². The first-order valence-electron chi connectivity index (χ1n) is 1.03. The van der Waals surface area contributed by atoms with Gasteiger partial charge in [-0.25, -0.2) is 0 Å². The van der Waals surface area contributed by atoms with E-state index in [9.17, 15) is 4.57 Å². The Kier molecular flexibility index (Phi) is 11.5. The van der Waals surface area contributed by atoms with E-state index >= 15 is 0 Å². The monoisotopic (exact) mass is 164 g/mol. The lowest BCUT2D eigenvalue weighted by Crippen LogP contribution is -1.64. The van der Waals surface area contributed by atoms with Gasteiger partial charge in [0.1, 0.15) is 0 Å². The maximum atomic E-state index is 9.33. The van der Waals surface area contributed by atoms with Crippen LogP contribution in [0.2, 0.25) is 0 Å². The van der Waals surface area contributed by atoms with Crippen molar-refractivity contribution in [3.8, 4) is 0 Å². The van der Waals surface area contributed by atoms with Gasteiger partial charge in [0, 0.05) is 6.66 Å². The molecule has 0 saturated carbocycles. The minimum Gasteiger partial charge on any atom is -0.325 e. The van der Waals surface area contributed by atoms with Crippen molar-refractivity contribution in [2.45, 2.75) is 0 Å². The van der Waals surface area contributed by atoms with Crippen molar-refractivity contribution in [1.82, 2.24) is 0 Å². The Morgan fingerprint density at radius 3 is 1.29 bits per heavy atom. The fraction of sp³-hybridized carbons (Fsp3) is 1.00. The van der Waals surface area contributed by atoms with Crippen molar-refractivity contribution < 1.29 is 14.4 Å². The first-order valence-corrected chi connectivity index (χ1v) is 3.09. The Morgan fingerprint density at radius 2 is 1.29 bits per heavy atom. The molecule has 0 aliphatic carbocycles. The molecule has 0 radical (unpaired) electrons. The van der Waals surface area contributed by atoms with E-state index in [1.165, 1.54) is 0 Å². The second-order valence-electron chi connectivity index (χ2n) is 0.835. The second kappa shape index (κ2) is 5.15. The zero-order valence-corrected chi connectivity index (χ0v) is 7.89. The van der Waals surface area contributed by atoms with E-state index in [1.54, 1.807) is 0 Å². The molecule has 0 bridgehead atoms. The highest BCUT2D eigenvalue weighted by molar-refractivity contribution is 7.50. The maximum absolute atomic E-state index is 9.33. The first-order chi connectivity index (χ1) is 2.00. The summed E-state index contributed by atoms with van der Waals surface area (Å²) in [6.07, 6.45) is 0. The van der Waals surface area contributed by atoms with Crippen LogP contribution >= 0.6 is 27.4 Å². The Bertz CT molecular complexity index is 56.3. The molecule has 0 aromatic heterocycles. The molecule has 0 aliphatic rings. The van der Waals surface area contributed by atoms with E-state index in [-0.39, 0.29) is 19.8 Å². The van der Waals surface area contributed by atoms with Crippen LogP contribution in [0.3, 0.4) is 0 Å². The summed E-state index contributed by atoms with van der Waals surface area (Å²) in [4.78, 5) is 15.3. The van der Waals surface area contributed by atoms with Crippen LogP contribution in [0.25, 0.3) is 0 Å². The van der Waals surface area contributed by atoms with Crippen LogP contribution in [0.15, 0.2) is 0 Å². The lowest BCUT2D eigenvalue weighted by molar-refractivity contribution is 0.381. The highest BCUT2D eigenvalue weighted by Crippen LogP contribution is 2.26. The van der Waals surface area contributed by atoms with Crippen molar-refractivity contribution in [3.63, 3.8) is 0 Å². The molecule has 0 spiro atoms. The van der Waals surface area contributed by atoms with Crippen LogP contribution in [-0.2, 0) is 4.57 Å². The minimum atomic E-state index is -3.64. The van der Waals surface area contributed by atoms with Crippen molar-refractivity contribution in [1.29, 1.82) is 0 Å². The Morgan fingerprint density at radius 1 is 1.29 bits per heavy atom. The third-order valence-corrected chi connectivity index (χ3v) is 0. The lowest BCUT2D eigenvalue weighted by atomic mass is 12.0. The number of hydrogen-bond acceptors (Lipinski definition) is 1. The summed E-state index contributed by atoms with van der Waals surface area (Å²) in [5.41, 5.74) is 0. The van der Waals surface area contributed by atoms with Gasteiger partial charge in [0.25, 0.3) is 0 Å². The average Bonchev–Trinajstić information content (AvgIpc) is 0.722. The summed E-state index contributed by atoms with van der Waals surface area (Å²) in [6.45, 7) is 0.854. The molecule has 3 nitrogen and oxygen atoms in total. The van der Waals surface area contributed by atoms with Gasteiger partial charge in [-0.05, 0) is 0 Å². The second-order valence-corrected chi connectivity index (χ2v) is 2.51. The number of rotatable bonds is 0. The Hall–Kier alpha value is 1.01. The van der Waals surface area contributed by atoms with Crippen LogP contribution in [0.4, 0.5) is 0 Å². The zero-order chi connectivity index (χ0) is 4.50. The molecule has 0 rings (SSSR count). The Balaban J connectivity index is -0.0000000800. The zero-order valence-electron chi connectivity index (χ0n) is 4.16. The van der Waals surface area contributed by atoms with Crippen LogP contribution < -0.4 is 0 Å². The van der Waals surface area contributed by atoms with Gasteiger partial charge in [0.2, 0.25) is 0 Å². The molecule has 0 amide bonds. The summed E-state index contributed by atoms with van der Waals surface area (Å²) in [5, 5.41) is 0. The predicted molar refractivity (Wildman–Crippen MR) is 40.2 cm³/mol. The van der Waals surface area contributed by atoms with Crippen LogP contribution in [0, 0.1) is 0 Å². The van der Waals surface area contributed by atoms with Gasteiger partial charge in [-0.2, -0.15) is 19.8 Å². The quantitative estimate of drug-likeness (QED) is 0.492. The van der Waals surface area contributed by atoms with Gasteiger partial charge in [-0.15, -0.1) is 0 Å². The molecule has 0 saturated heterocycles. The van der Waals surface area contributed by atoms with Gasteiger partial charge < -0.3 is 9.79 Å². The van der Waals surface area contributed by atoms with Crippen molar-refractivity contribution in [2.75, 3.05) is 6.66 Å². The molecular weight excluding hydrogens is 153 g/mol.